The molecule has 2 nitrogen and oxygen atoms in total. The minimum atomic E-state index is -2.27. The standard InChI is InChI=1S/C30H20ClNO/c1-19-9-5-6-12-21(19)26-17-28(32-18-27(26)31)25-16-8-15-24-23-14-7-13-22(29(23)33-30(24)25)20-10-3-2-4-11-20/h2-18H,1H3/i1D3. The smallest absolute Gasteiger partial charge is 0.144 e. The van der Waals surface area contributed by atoms with Crippen molar-refractivity contribution < 1.29 is 8.53 Å². The third kappa shape index (κ3) is 3.31. The highest BCUT2D eigenvalue weighted by Crippen LogP contribution is 2.40. The number of furan rings is 1. The fourth-order valence-corrected chi connectivity index (χ4v) is 4.58. The molecule has 158 valence electrons. The van der Waals surface area contributed by atoms with E-state index in [4.69, 9.17) is 20.1 Å². The first-order valence-electron chi connectivity index (χ1n) is 12.2. The highest BCUT2D eigenvalue weighted by Gasteiger charge is 2.17. The van der Waals surface area contributed by atoms with Gasteiger partial charge < -0.3 is 4.42 Å². The molecule has 0 saturated heterocycles. The van der Waals surface area contributed by atoms with Gasteiger partial charge in [0.05, 0.1) is 10.7 Å². The molecule has 0 unspecified atom stereocenters. The lowest BCUT2D eigenvalue weighted by Gasteiger charge is -2.10. The Morgan fingerprint density at radius 2 is 1.36 bits per heavy atom. The third-order valence-corrected chi connectivity index (χ3v) is 6.26. The summed E-state index contributed by atoms with van der Waals surface area (Å²) < 4.78 is 30.4. The molecule has 0 aliphatic carbocycles. The van der Waals surface area contributed by atoms with Gasteiger partial charge in [0.1, 0.15) is 11.2 Å². The Kier molecular flexibility index (Phi) is 4.01. The lowest BCUT2D eigenvalue weighted by Crippen LogP contribution is -1.89. The fraction of sp³-hybridized carbons (Fsp3) is 0.0333. The van der Waals surface area contributed by atoms with E-state index < -0.39 is 6.85 Å². The van der Waals surface area contributed by atoms with Crippen LogP contribution in [0.2, 0.25) is 5.02 Å². The van der Waals surface area contributed by atoms with Crippen molar-refractivity contribution in [2.75, 3.05) is 0 Å². The Morgan fingerprint density at radius 1 is 0.697 bits per heavy atom. The maximum atomic E-state index is 7.97. The van der Waals surface area contributed by atoms with Crippen molar-refractivity contribution in [1.82, 2.24) is 4.98 Å². The molecule has 0 saturated carbocycles. The van der Waals surface area contributed by atoms with Crippen LogP contribution in [0.1, 0.15) is 9.68 Å². The topological polar surface area (TPSA) is 26.0 Å². The highest BCUT2D eigenvalue weighted by atomic mass is 35.5. The average molecular weight is 449 g/mol. The van der Waals surface area contributed by atoms with E-state index in [0.717, 1.165) is 38.6 Å². The molecule has 0 amide bonds. The summed E-state index contributed by atoms with van der Waals surface area (Å²) >= 11 is 6.54. The summed E-state index contributed by atoms with van der Waals surface area (Å²) in [5.74, 6) is 0. The summed E-state index contributed by atoms with van der Waals surface area (Å²) in [6, 6.07) is 31.1. The second kappa shape index (κ2) is 7.91. The zero-order valence-electron chi connectivity index (χ0n) is 20.5. The van der Waals surface area contributed by atoms with E-state index in [0.29, 0.717) is 21.8 Å². The molecule has 33 heavy (non-hydrogen) atoms. The largest absolute Gasteiger partial charge is 0.455 e. The van der Waals surface area contributed by atoms with E-state index in [-0.39, 0.29) is 5.56 Å². The van der Waals surface area contributed by atoms with Gasteiger partial charge in [-0.05, 0) is 35.7 Å². The molecule has 0 fully saturated rings. The van der Waals surface area contributed by atoms with Gasteiger partial charge in [-0.2, -0.15) is 0 Å². The zero-order chi connectivity index (χ0) is 24.9. The van der Waals surface area contributed by atoms with Gasteiger partial charge in [0.15, 0.2) is 0 Å². The van der Waals surface area contributed by atoms with Crippen LogP contribution in [0.15, 0.2) is 108 Å². The van der Waals surface area contributed by atoms with Crippen LogP contribution >= 0.6 is 11.6 Å². The number of hydrogen-bond acceptors (Lipinski definition) is 2. The Hall–Kier alpha value is -3.88. The predicted octanol–water partition coefficient (Wildman–Crippen LogP) is 8.94. The average Bonchev–Trinajstić information content (AvgIpc) is 3.28. The van der Waals surface area contributed by atoms with Crippen LogP contribution in [0.5, 0.6) is 0 Å². The Labute approximate surface area is 201 Å². The van der Waals surface area contributed by atoms with Gasteiger partial charge in [-0.3, -0.25) is 4.98 Å². The maximum Gasteiger partial charge on any atom is 0.144 e. The Balaban J connectivity index is 1.57. The number of nitrogens with zero attached hydrogens (tertiary/aromatic N) is 1. The molecule has 4 aromatic carbocycles. The molecule has 3 heteroatoms. The maximum absolute atomic E-state index is 7.97. The van der Waals surface area contributed by atoms with Crippen LogP contribution in [-0.2, 0) is 0 Å². The van der Waals surface area contributed by atoms with Crippen molar-refractivity contribution in [2.24, 2.45) is 0 Å². The van der Waals surface area contributed by atoms with Crippen LogP contribution in [0.3, 0.4) is 0 Å². The van der Waals surface area contributed by atoms with E-state index in [1.54, 1.807) is 24.4 Å². The van der Waals surface area contributed by atoms with Gasteiger partial charge in [0, 0.05) is 37.8 Å². The van der Waals surface area contributed by atoms with Gasteiger partial charge in [0.2, 0.25) is 0 Å². The van der Waals surface area contributed by atoms with Crippen molar-refractivity contribution in [1.29, 1.82) is 0 Å². The van der Waals surface area contributed by atoms with E-state index in [1.165, 1.54) is 0 Å². The SMILES string of the molecule is [2H]C([2H])([2H])c1ccccc1-c1cc(-c2cccc3c2oc2c(-c4ccccc4)cccc23)ncc1Cl. The summed E-state index contributed by atoms with van der Waals surface area (Å²) in [6.07, 6.45) is 1.57. The fourth-order valence-electron chi connectivity index (χ4n) is 4.38. The second-order valence-electron chi connectivity index (χ2n) is 7.93. The van der Waals surface area contributed by atoms with E-state index >= 15 is 0 Å². The lowest BCUT2D eigenvalue weighted by atomic mass is 9.98. The van der Waals surface area contributed by atoms with Gasteiger partial charge in [0.25, 0.3) is 0 Å². The number of para-hydroxylation sites is 2. The molecule has 2 aromatic heterocycles. The third-order valence-electron chi connectivity index (χ3n) is 5.96. The summed E-state index contributed by atoms with van der Waals surface area (Å²) in [5.41, 5.74) is 6.53. The van der Waals surface area contributed by atoms with Crippen LogP contribution in [-0.4, -0.2) is 4.98 Å². The molecule has 2 heterocycles. The Morgan fingerprint density at radius 3 is 2.15 bits per heavy atom. The highest BCUT2D eigenvalue weighted by molar-refractivity contribution is 6.33. The molecule has 6 rings (SSSR count). The molecule has 0 spiro atoms. The number of benzene rings is 4. The van der Waals surface area contributed by atoms with E-state index in [2.05, 4.69) is 29.2 Å². The van der Waals surface area contributed by atoms with Crippen LogP contribution in [0.25, 0.3) is 55.4 Å². The van der Waals surface area contributed by atoms with Crippen LogP contribution in [0, 0.1) is 6.85 Å². The molecule has 0 aliphatic rings. The minimum Gasteiger partial charge on any atom is -0.455 e. The summed E-state index contributed by atoms with van der Waals surface area (Å²) in [4.78, 5) is 4.59. The van der Waals surface area contributed by atoms with E-state index in [9.17, 15) is 0 Å². The van der Waals surface area contributed by atoms with E-state index in [1.807, 2.05) is 54.6 Å². The molecule has 0 N–H and O–H groups in total. The lowest BCUT2D eigenvalue weighted by molar-refractivity contribution is 0.671. The molecule has 0 radical (unpaired) electrons. The quantitative estimate of drug-likeness (QED) is 0.270. The van der Waals surface area contributed by atoms with Crippen LogP contribution in [0.4, 0.5) is 0 Å². The van der Waals surface area contributed by atoms with Gasteiger partial charge >= 0.3 is 0 Å². The summed E-state index contributed by atoms with van der Waals surface area (Å²) in [6.45, 7) is -2.27. The molecule has 0 aliphatic heterocycles. The van der Waals surface area contributed by atoms with Gasteiger partial charge in [-0.15, -0.1) is 0 Å². The molecule has 0 atom stereocenters. The summed E-state index contributed by atoms with van der Waals surface area (Å²) in [7, 11) is 0. The van der Waals surface area contributed by atoms with Crippen molar-refractivity contribution in [3.63, 3.8) is 0 Å². The second-order valence-corrected chi connectivity index (χ2v) is 8.33. The monoisotopic (exact) mass is 448 g/mol. The number of aryl methyl sites for hydroxylation is 1. The zero-order valence-corrected chi connectivity index (χ0v) is 18.3. The molecule has 0 bridgehead atoms. The molecule has 6 aromatic rings. The Bertz CT molecular complexity index is 1740. The predicted molar refractivity (Wildman–Crippen MR) is 138 cm³/mol. The number of aromatic nitrogens is 1. The van der Waals surface area contributed by atoms with Gasteiger partial charge in [-0.25, -0.2) is 0 Å². The number of fused-ring (bicyclic) bond motifs is 3. The number of pyridine rings is 1. The first-order chi connectivity index (χ1) is 17.4. The summed E-state index contributed by atoms with van der Waals surface area (Å²) in [5, 5.41) is 2.40. The first-order valence-corrected chi connectivity index (χ1v) is 11.0. The van der Waals surface area contributed by atoms with Crippen LogP contribution < -0.4 is 0 Å². The number of hydrogen-bond donors (Lipinski definition) is 0. The van der Waals surface area contributed by atoms with Crippen molar-refractivity contribution >= 4 is 33.5 Å². The number of halogens is 1. The normalized spacial score (nSPS) is 13.1. The van der Waals surface area contributed by atoms with Crippen molar-refractivity contribution in [2.45, 2.75) is 6.85 Å². The van der Waals surface area contributed by atoms with Crippen molar-refractivity contribution in [3.05, 3.63) is 114 Å². The van der Waals surface area contributed by atoms with Gasteiger partial charge in [-0.1, -0.05) is 96.5 Å². The minimum absolute atomic E-state index is 0.249. The molecular formula is C30H20ClNO. The van der Waals surface area contributed by atoms with Crippen molar-refractivity contribution in [3.8, 4) is 33.5 Å². The first kappa shape index (κ1) is 16.7. The molecular weight excluding hydrogens is 426 g/mol. The number of rotatable bonds is 3.